The molecule has 2 rings (SSSR count). The molecule has 4 nitrogen and oxygen atoms in total. The maximum absolute atomic E-state index is 11.0. The van der Waals surface area contributed by atoms with Gasteiger partial charge in [0, 0.05) is 0 Å². The van der Waals surface area contributed by atoms with Crippen LogP contribution in [0, 0.1) is 0 Å². The summed E-state index contributed by atoms with van der Waals surface area (Å²) in [6.45, 7) is 0. The van der Waals surface area contributed by atoms with E-state index in [9.17, 15) is 9.59 Å². The first-order chi connectivity index (χ1) is 9.56. The Morgan fingerprint density at radius 3 is 2.10 bits per heavy atom. The van der Waals surface area contributed by atoms with Gasteiger partial charge in [0.05, 0.1) is 12.8 Å². The van der Waals surface area contributed by atoms with Gasteiger partial charge in [-0.05, 0) is 22.3 Å². The van der Waals surface area contributed by atoms with Gasteiger partial charge in [-0.25, -0.2) is 0 Å². The van der Waals surface area contributed by atoms with Gasteiger partial charge in [0.1, 0.15) is 0 Å². The van der Waals surface area contributed by atoms with Crippen LogP contribution in [0.5, 0.6) is 0 Å². The van der Waals surface area contributed by atoms with Crippen molar-refractivity contribution in [1.82, 2.24) is 0 Å². The summed E-state index contributed by atoms with van der Waals surface area (Å²) in [5.74, 6) is -1.87. The van der Waals surface area contributed by atoms with Crippen LogP contribution in [0.15, 0.2) is 48.5 Å². The Morgan fingerprint density at radius 2 is 1.50 bits per heavy atom. The van der Waals surface area contributed by atoms with E-state index in [4.69, 9.17) is 10.2 Å². The fraction of sp³-hybridized carbons (Fsp3) is 0.125. The van der Waals surface area contributed by atoms with Crippen LogP contribution in [0.4, 0.5) is 0 Å². The second-order valence-corrected chi connectivity index (χ2v) is 4.50. The number of carboxylic acids is 2. The van der Waals surface area contributed by atoms with E-state index >= 15 is 0 Å². The monoisotopic (exact) mass is 270 g/mol. The largest absolute Gasteiger partial charge is 0.481 e. The van der Waals surface area contributed by atoms with Gasteiger partial charge < -0.3 is 10.2 Å². The lowest BCUT2D eigenvalue weighted by atomic mass is 9.95. The molecule has 4 heteroatoms. The molecule has 0 bridgehead atoms. The molecule has 0 aromatic heterocycles. The zero-order chi connectivity index (χ0) is 14.5. The second kappa shape index (κ2) is 6.02. The Morgan fingerprint density at radius 1 is 0.850 bits per heavy atom. The summed E-state index contributed by atoms with van der Waals surface area (Å²) in [6.07, 6.45) is -0.237. The van der Waals surface area contributed by atoms with E-state index < -0.39 is 11.9 Å². The minimum absolute atomic E-state index is 0.109. The molecule has 0 saturated heterocycles. The molecular formula is C16H14O4. The highest BCUT2D eigenvalue weighted by Gasteiger charge is 2.11. The van der Waals surface area contributed by atoms with Crippen molar-refractivity contribution in [3.63, 3.8) is 0 Å². The lowest BCUT2D eigenvalue weighted by Gasteiger charge is -2.10. The van der Waals surface area contributed by atoms with Crippen LogP contribution in [-0.4, -0.2) is 22.2 Å². The van der Waals surface area contributed by atoms with Crippen LogP contribution in [0.25, 0.3) is 11.1 Å². The average molecular weight is 270 g/mol. The number of rotatable bonds is 5. The Balaban J connectivity index is 2.45. The minimum atomic E-state index is -0.936. The fourth-order valence-corrected chi connectivity index (χ4v) is 2.14. The average Bonchev–Trinajstić information content (AvgIpc) is 2.38. The second-order valence-electron chi connectivity index (χ2n) is 4.50. The first kappa shape index (κ1) is 13.8. The number of carbonyl (C=O) groups is 2. The predicted molar refractivity (Wildman–Crippen MR) is 74.6 cm³/mol. The van der Waals surface area contributed by atoms with Crippen LogP contribution in [0.2, 0.25) is 0 Å². The highest BCUT2D eigenvalue weighted by Crippen LogP contribution is 2.25. The molecule has 0 aliphatic heterocycles. The highest BCUT2D eigenvalue weighted by molar-refractivity contribution is 5.78. The van der Waals surface area contributed by atoms with Crippen molar-refractivity contribution in [2.24, 2.45) is 0 Å². The summed E-state index contributed by atoms with van der Waals surface area (Å²) in [6, 6.07) is 14.6. The highest BCUT2D eigenvalue weighted by atomic mass is 16.4. The maximum Gasteiger partial charge on any atom is 0.307 e. The van der Waals surface area contributed by atoms with Crippen LogP contribution < -0.4 is 0 Å². The van der Waals surface area contributed by atoms with E-state index in [0.29, 0.717) is 11.1 Å². The molecule has 2 N–H and O–H groups in total. The quantitative estimate of drug-likeness (QED) is 0.875. The lowest BCUT2D eigenvalue weighted by molar-refractivity contribution is -0.137. The summed E-state index contributed by atoms with van der Waals surface area (Å²) in [7, 11) is 0. The van der Waals surface area contributed by atoms with Crippen molar-refractivity contribution >= 4 is 11.9 Å². The third-order valence-corrected chi connectivity index (χ3v) is 2.95. The number of aliphatic carboxylic acids is 2. The van der Waals surface area contributed by atoms with Crippen LogP contribution in [-0.2, 0) is 22.4 Å². The molecule has 20 heavy (non-hydrogen) atoms. The SMILES string of the molecule is O=C(O)Cc1ccc(-c2ccccc2)c(CC(=O)O)c1. The van der Waals surface area contributed by atoms with E-state index in [-0.39, 0.29) is 12.8 Å². The topological polar surface area (TPSA) is 74.6 Å². The van der Waals surface area contributed by atoms with E-state index in [1.165, 1.54) is 0 Å². The van der Waals surface area contributed by atoms with E-state index in [1.54, 1.807) is 18.2 Å². The molecule has 0 amide bonds. The van der Waals surface area contributed by atoms with E-state index in [1.807, 2.05) is 30.3 Å². The third-order valence-electron chi connectivity index (χ3n) is 2.95. The Labute approximate surface area is 116 Å². The molecule has 2 aromatic rings. The van der Waals surface area contributed by atoms with Crippen molar-refractivity contribution in [2.75, 3.05) is 0 Å². The number of carboxylic acid groups (broad SMARTS) is 2. The van der Waals surface area contributed by atoms with Gasteiger partial charge in [-0.1, -0.05) is 48.5 Å². The molecule has 0 aliphatic carbocycles. The molecular weight excluding hydrogens is 256 g/mol. The fourth-order valence-electron chi connectivity index (χ4n) is 2.14. The zero-order valence-electron chi connectivity index (χ0n) is 10.7. The lowest BCUT2D eigenvalue weighted by Crippen LogP contribution is -2.05. The van der Waals surface area contributed by atoms with Crippen molar-refractivity contribution < 1.29 is 19.8 Å². The molecule has 0 radical (unpaired) electrons. The van der Waals surface area contributed by atoms with E-state index in [2.05, 4.69) is 0 Å². The van der Waals surface area contributed by atoms with Gasteiger partial charge in [-0.2, -0.15) is 0 Å². The van der Waals surface area contributed by atoms with Crippen LogP contribution in [0.3, 0.4) is 0 Å². The van der Waals surface area contributed by atoms with Gasteiger partial charge in [-0.3, -0.25) is 9.59 Å². The predicted octanol–water partition coefficient (Wildman–Crippen LogP) is 2.61. The Hall–Kier alpha value is -2.62. The molecule has 0 saturated carbocycles. The van der Waals surface area contributed by atoms with Crippen molar-refractivity contribution in [3.05, 3.63) is 59.7 Å². The molecule has 0 atom stereocenters. The van der Waals surface area contributed by atoms with E-state index in [0.717, 1.165) is 11.1 Å². The summed E-state index contributed by atoms with van der Waals surface area (Å²) >= 11 is 0. The third kappa shape index (κ3) is 3.45. The van der Waals surface area contributed by atoms with Gasteiger partial charge in [0.25, 0.3) is 0 Å². The Bertz CT molecular complexity index is 632. The zero-order valence-corrected chi connectivity index (χ0v) is 10.7. The number of benzene rings is 2. The summed E-state index contributed by atoms with van der Waals surface area (Å²) in [5.41, 5.74) is 2.98. The maximum atomic E-state index is 11.0. The summed E-state index contributed by atoms with van der Waals surface area (Å²) < 4.78 is 0. The van der Waals surface area contributed by atoms with Gasteiger partial charge >= 0.3 is 11.9 Å². The van der Waals surface area contributed by atoms with Gasteiger partial charge in [-0.15, -0.1) is 0 Å². The standard InChI is InChI=1S/C16H14O4/c17-15(18)9-11-6-7-14(12-4-2-1-3-5-12)13(8-11)10-16(19)20/h1-8H,9-10H2,(H,17,18)(H,19,20). The summed E-state index contributed by atoms with van der Waals surface area (Å²) in [5, 5.41) is 17.8. The molecule has 0 aliphatic rings. The molecule has 0 heterocycles. The van der Waals surface area contributed by atoms with Gasteiger partial charge in [0.15, 0.2) is 0 Å². The van der Waals surface area contributed by atoms with Crippen LogP contribution >= 0.6 is 0 Å². The summed E-state index contributed by atoms with van der Waals surface area (Å²) in [4.78, 5) is 21.7. The molecule has 2 aromatic carbocycles. The van der Waals surface area contributed by atoms with Crippen molar-refractivity contribution in [2.45, 2.75) is 12.8 Å². The molecule has 102 valence electrons. The normalized spacial score (nSPS) is 10.2. The van der Waals surface area contributed by atoms with Gasteiger partial charge in [0.2, 0.25) is 0 Å². The minimum Gasteiger partial charge on any atom is -0.481 e. The first-order valence-corrected chi connectivity index (χ1v) is 6.17. The van der Waals surface area contributed by atoms with Crippen molar-refractivity contribution in [1.29, 1.82) is 0 Å². The molecule has 0 unspecified atom stereocenters. The van der Waals surface area contributed by atoms with Crippen molar-refractivity contribution in [3.8, 4) is 11.1 Å². The number of hydrogen-bond acceptors (Lipinski definition) is 2. The number of hydrogen-bond donors (Lipinski definition) is 2. The first-order valence-electron chi connectivity index (χ1n) is 6.17. The van der Waals surface area contributed by atoms with Crippen LogP contribution in [0.1, 0.15) is 11.1 Å². The molecule has 0 fully saturated rings. The molecule has 0 spiro atoms. The smallest absolute Gasteiger partial charge is 0.307 e. The Kier molecular flexibility index (Phi) is 4.15.